The van der Waals surface area contributed by atoms with E-state index in [-0.39, 0.29) is 46.0 Å². The molecule has 9 rings (SSSR count). The van der Waals surface area contributed by atoms with Gasteiger partial charge in [0, 0.05) is 205 Å². The van der Waals surface area contributed by atoms with Gasteiger partial charge in [-0.3, -0.25) is 38.4 Å². The summed E-state index contributed by atoms with van der Waals surface area (Å²) in [6.07, 6.45) is 6.00. The van der Waals surface area contributed by atoms with Crippen LogP contribution in [0.15, 0.2) is 170 Å². The van der Waals surface area contributed by atoms with Crippen LogP contribution in [0.25, 0.3) is 0 Å². The fourth-order valence-corrected chi connectivity index (χ4v) is 8.98. The molecule has 100 heavy (non-hydrogen) atoms. The summed E-state index contributed by atoms with van der Waals surface area (Å²) in [4.78, 5) is 87.0. The molecule has 0 atom stereocenters. The van der Waals surface area contributed by atoms with Gasteiger partial charge in [0.2, 0.25) is 51.3 Å². The van der Waals surface area contributed by atoms with Crippen molar-refractivity contribution >= 4 is 51.3 Å². The topological polar surface area (TPSA) is 324 Å². The number of aromatic hydroxyl groups is 8. The van der Waals surface area contributed by atoms with E-state index in [9.17, 15) is 79.2 Å². The molecule has 8 bridgehead atoms. The van der Waals surface area contributed by atoms with Gasteiger partial charge in [-0.05, 0) is 46.5 Å². The molecule has 0 unspecified atom stereocenters. The molecule has 0 fully saturated rings. The molecule has 0 saturated heterocycles. The average Bonchev–Trinajstić information content (AvgIpc) is 0.747. The van der Waals surface area contributed by atoms with E-state index in [2.05, 4.69) is 0 Å². The minimum atomic E-state index is -0.888. The Labute approximate surface area is 586 Å². The number of fused-ring (bicyclic) bond motifs is 8. The zero-order valence-electron chi connectivity index (χ0n) is 59.5. The number of carbonyl (C=O) groups is 8. The van der Waals surface area contributed by atoms with Crippen LogP contribution in [0.4, 0.5) is 0 Å². The number of benzene rings is 8. The van der Waals surface area contributed by atoms with Gasteiger partial charge in [0.25, 0.3) is 0 Å². The van der Waals surface area contributed by atoms with Gasteiger partial charge in [0.15, 0.2) is 0 Å². The second-order valence-corrected chi connectivity index (χ2v) is 23.8. The van der Waals surface area contributed by atoms with Crippen LogP contribution in [0.1, 0.15) is 90.4 Å². The monoisotopic (exact) mass is 1380 g/mol. The van der Waals surface area contributed by atoms with Crippen molar-refractivity contribution in [2.24, 2.45) is 0 Å². The van der Waals surface area contributed by atoms with Crippen LogP contribution in [0.3, 0.4) is 0 Å². The predicted molar refractivity (Wildman–Crippen MR) is 387 cm³/mol. The van der Waals surface area contributed by atoms with E-state index in [4.69, 9.17) is 0 Å². The van der Waals surface area contributed by atoms with Crippen molar-refractivity contribution in [2.75, 3.05) is 113 Å². The molecule has 8 aromatic rings. The molecule has 8 amide bonds. The Bertz CT molecular complexity index is 3140. The number of phenolic OH excluding ortho intramolecular Hbond substituents is 8. The molecule has 0 aromatic heterocycles. The number of rotatable bonds is 12. The Morgan fingerprint density at radius 2 is 0.300 bits per heavy atom. The number of nitrogens with zero attached hydrogens (tertiary/aromatic N) is 8. The summed E-state index contributed by atoms with van der Waals surface area (Å²) in [7, 11) is 27.0. The van der Waals surface area contributed by atoms with Crippen molar-refractivity contribution in [2.45, 2.75) is 23.7 Å². The van der Waals surface area contributed by atoms with E-state index in [0.29, 0.717) is 66.8 Å². The molecule has 1 aliphatic carbocycles. The van der Waals surface area contributed by atoms with Crippen LogP contribution in [-0.4, -0.2) is 244 Å². The highest BCUT2D eigenvalue weighted by Crippen LogP contribution is 2.53. The van der Waals surface area contributed by atoms with Gasteiger partial charge in [0.05, 0.1) is 0 Å². The molecule has 24 heteroatoms. The maximum absolute atomic E-state index is 11.8. The molecule has 0 saturated carbocycles. The minimum Gasteiger partial charge on any atom is -0.507 e. The molecule has 8 aromatic carbocycles. The number of phenols is 8. The third-order valence-corrected chi connectivity index (χ3v) is 13.4. The molecule has 0 spiro atoms. The summed E-state index contributed by atoms with van der Waals surface area (Å²) in [5, 5.41) is 94.8. The SMILES string of the molecule is CN(C)C=O.CN(C)C=O.CN(C)C=O.CN(C)C=O.CN(C)C=O.CN(C)C=O.CN(C)C=O.CN(C)C=O.Oc1cc(O)c2cc1C(c1ccccc1)c1cc(c(O)cc1O)C(c1ccccc1)c1cc(c(O)cc1O)C(c1ccccc1)c1cc(c(O)cc1O)C2c1ccccc1. The summed E-state index contributed by atoms with van der Waals surface area (Å²) < 4.78 is 0. The van der Waals surface area contributed by atoms with Crippen molar-refractivity contribution < 1.29 is 79.2 Å². The predicted octanol–water partition coefficient (Wildman–Crippen LogP) is 8.00. The van der Waals surface area contributed by atoms with Crippen LogP contribution < -0.4 is 0 Å². The highest BCUT2D eigenvalue weighted by molar-refractivity contribution is 5.67. The molecule has 536 valence electrons. The lowest BCUT2D eigenvalue weighted by atomic mass is 9.75. The number of carbonyl (C=O) groups excluding carboxylic acids is 8. The largest absolute Gasteiger partial charge is 0.507 e. The molecular formula is C76H96N8O16. The van der Waals surface area contributed by atoms with Gasteiger partial charge < -0.3 is 80.1 Å². The first-order valence-electron chi connectivity index (χ1n) is 30.6. The van der Waals surface area contributed by atoms with Crippen molar-refractivity contribution in [3.8, 4) is 46.0 Å². The first-order valence-corrected chi connectivity index (χ1v) is 30.6. The zero-order chi connectivity index (χ0) is 75.9. The lowest BCUT2D eigenvalue weighted by molar-refractivity contribution is -0.116. The summed E-state index contributed by atoms with van der Waals surface area (Å²) >= 11 is 0. The second kappa shape index (κ2) is 44.6. The van der Waals surface area contributed by atoms with Crippen LogP contribution in [0.2, 0.25) is 0 Å². The molecule has 0 aliphatic heterocycles. The van der Waals surface area contributed by atoms with E-state index in [1.54, 1.807) is 137 Å². The van der Waals surface area contributed by atoms with Gasteiger partial charge in [-0.25, -0.2) is 0 Å². The number of amides is 8. The van der Waals surface area contributed by atoms with Crippen LogP contribution >= 0.6 is 0 Å². The van der Waals surface area contributed by atoms with Crippen molar-refractivity contribution in [1.82, 2.24) is 39.2 Å². The fourth-order valence-electron chi connectivity index (χ4n) is 8.98. The smallest absolute Gasteiger partial charge is 0.209 e. The maximum Gasteiger partial charge on any atom is 0.209 e. The first kappa shape index (κ1) is 85.9. The quantitative estimate of drug-likeness (QED) is 0.0537. The summed E-state index contributed by atoms with van der Waals surface area (Å²) in [5.74, 6) is -5.72. The summed E-state index contributed by atoms with van der Waals surface area (Å²) in [5.41, 5.74) is 5.12. The highest BCUT2D eigenvalue weighted by Gasteiger charge is 2.35. The van der Waals surface area contributed by atoms with Gasteiger partial charge >= 0.3 is 0 Å². The van der Waals surface area contributed by atoms with Crippen molar-refractivity contribution in [1.29, 1.82) is 0 Å². The normalized spacial score (nSPS) is 13.0. The fraction of sp³-hybridized carbons (Fsp3) is 0.263. The molecule has 8 N–H and O–H groups in total. The van der Waals surface area contributed by atoms with Crippen molar-refractivity contribution in [3.63, 3.8) is 0 Å². The summed E-state index contributed by atoms with van der Waals surface area (Å²) in [6.45, 7) is 0. The van der Waals surface area contributed by atoms with Gasteiger partial charge in [0.1, 0.15) is 46.0 Å². The minimum absolute atomic E-state index is 0.271. The van der Waals surface area contributed by atoms with Crippen molar-refractivity contribution in [3.05, 3.63) is 237 Å². The molecule has 0 radical (unpaired) electrons. The lowest BCUT2D eigenvalue weighted by Gasteiger charge is -2.29. The third-order valence-electron chi connectivity index (χ3n) is 13.4. The Hall–Kier alpha value is -12.1. The van der Waals surface area contributed by atoms with E-state index < -0.39 is 23.7 Å². The van der Waals surface area contributed by atoms with E-state index in [0.717, 1.165) is 51.3 Å². The maximum atomic E-state index is 11.8. The van der Waals surface area contributed by atoms with E-state index in [1.165, 1.54) is 63.5 Å². The van der Waals surface area contributed by atoms with E-state index >= 15 is 0 Å². The van der Waals surface area contributed by atoms with E-state index in [1.807, 2.05) is 121 Å². The van der Waals surface area contributed by atoms with Crippen LogP contribution in [0, 0.1) is 0 Å². The molecule has 24 nitrogen and oxygen atoms in total. The standard InChI is InChI=1S/C52H40O8.8C3H7NO/c53-41-25-43(55)35-21-33(41)49(29-13-5-1-6-14-29)34-22-36(44(56)26-42(34)54)51(31-17-9-3-10-18-31)38-24-40(48(60)28-46(38)58)52(32-19-11-4-12-20-32)39-23-37(45(57)27-47(39)59)50(35)30-15-7-2-8-16-30;8*1-4(2)3-5/h1-28,49-60H;8*3H,1-2H3. The Balaban J connectivity index is 0.00000102. The first-order chi connectivity index (χ1) is 47.2. The zero-order valence-corrected chi connectivity index (χ0v) is 59.5. The average molecular weight is 1380 g/mol. The number of hydrogen-bond acceptors (Lipinski definition) is 16. The Morgan fingerprint density at radius 3 is 0.390 bits per heavy atom. The third kappa shape index (κ3) is 28.3. The van der Waals surface area contributed by atoms with Gasteiger partial charge in [-0.1, -0.05) is 121 Å². The number of hydrogen-bond donors (Lipinski definition) is 8. The lowest BCUT2D eigenvalue weighted by Crippen LogP contribution is -2.13. The Morgan fingerprint density at radius 1 is 0.200 bits per heavy atom. The van der Waals surface area contributed by atoms with Gasteiger partial charge in [-0.15, -0.1) is 0 Å². The second-order valence-electron chi connectivity index (χ2n) is 23.8. The molecule has 0 heterocycles. The molecular weight excluding hydrogens is 1280 g/mol. The van der Waals surface area contributed by atoms with Crippen LogP contribution in [0.5, 0.6) is 46.0 Å². The highest BCUT2D eigenvalue weighted by atomic mass is 16.3. The van der Waals surface area contributed by atoms with Crippen LogP contribution in [-0.2, 0) is 38.4 Å². The Kier molecular flexibility index (Phi) is 38.3. The van der Waals surface area contributed by atoms with Gasteiger partial charge in [-0.2, -0.15) is 0 Å². The summed E-state index contributed by atoms with van der Waals surface area (Å²) in [6, 6.07) is 48.5. The molecule has 1 aliphatic rings.